The third-order valence-corrected chi connectivity index (χ3v) is 4.47. The first-order valence-electron chi connectivity index (χ1n) is 6.66. The van der Waals surface area contributed by atoms with Crippen LogP contribution in [-0.4, -0.2) is 29.1 Å². The Balaban J connectivity index is 2.01. The molecule has 2 atom stereocenters. The standard InChI is InChI=1S/C14H18ClN3O/c15-8-1-4-13(12(5-8)14(16)17)18-9-2-3-10(18)7-11(19)6-9/h1,4-5,9-11,19H,2-3,6-7H2,(H3,16,17). The fourth-order valence-electron chi connectivity index (χ4n) is 3.49. The summed E-state index contributed by atoms with van der Waals surface area (Å²) in [5.41, 5.74) is 7.36. The Morgan fingerprint density at radius 1 is 1.32 bits per heavy atom. The molecule has 3 rings (SSSR count). The summed E-state index contributed by atoms with van der Waals surface area (Å²) in [5, 5.41) is 18.2. The number of fused-ring (bicyclic) bond motifs is 2. The van der Waals surface area contributed by atoms with E-state index in [0.29, 0.717) is 22.7 Å². The summed E-state index contributed by atoms with van der Waals surface area (Å²) in [6.07, 6.45) is 3.61. The van der Waals surface area contributed by atoms with Crippen molar-refractivity contribution in [3.8, 4) is 0 Å². The number of anilines is 1. The number of halogens is 1. The highest BCUT2D eigenvalue weighted by Gasteiger charge is 2.41. The molecule has 1 aromatic carbocycles. The van der Waals surface area contributed by atoms with Gasteiger partial charge in [-0.15, -0.1) is 0 Å². The van der Waals surface area contributed by atoms with E-state index in [1.165, 1.54) is 0 Å². The minimum atomic E-state index is -0.193. The minimum absolute atomic E-state index is 0.0445. The van der Waals surface area contributed by atoms with Gasteiger partial charge in [0.1, 0.15) is 5.84 Å². The summed E-state index contributed by atoms with van der Waals surface area (Å²) < 4.78 is 0. The summed E-state index contributed by atoms with van der Waals surface area (Å²) in [5.74, 6) is 0.0445. The molecule has 0 amide bonds. The van der Waals surface area contributed by atoms with Crippen molar-refractivity contribution in [2.45, 2.75) is 43.9 Å². The van der Waals surface area contributed by atoms with Crippen molar-refractivity contribution < 1.29 is 5.11 Å². The van der Waals surface area contributed by atoms with E-state index >= 15 is 0 Å². The van der Waals surface area contributed by atoms with Crippen LogP contribution >= 0.6 is 11.6 Å². The van der Waals surface area contributed by atoms with Crippen molar-refractivity contribution in [2.24, 2.45) is 5.73 Å². The SMILES string of the molecule is N=C(N)c1cc(Cl)ccc1N1C2CCC1CC(O)C2. The monoisotopic (exact) mass is 279 g/mol. The number of piperidine rings is 1. The van der Waals surface area contributed by atoms with Crippen molar-refractivity contribution >= 4 is 23.1 Å². The van der Waals surface area contributed by atoms with Gasteiger partial charge in [-0.1, -0.05) is 11.6 Å². The molecule has 4 nitrogen and oxygen atoms in total. The number of hydrogen-bond donors (Lipinski definition) is 3. The Kier molecular flexibility index (Phi) is 3.15. The lowest BCUT2D eigenvalue weighted by atomic mass is 9.97. The maximum Gasteiger partial charge on any atom is 0.124 e. The molecule has 2 aliphatic rings. The average molecular weight is 280 g/mol. The Labute approximate surface area is 117 Å². The van der Waals surface area contributed by atoms with Gasteiger partial charge in [-0.3, -0.25) is 5.41 Å². The van der Waals surface area contributed by atoms with Gasteiger partial charge in [0.25, 0.3) is 0 Å². The third kappa shape index (κ3) is 2.19. The lowest BCUT2D eigenvalue weighted by molar-refractivity contribution is 0.126. The van der Waals surface area contributed by atoms with Gasteiger partial charge in [-0.2, -0.15) is 0 Å². The largest absolute Gasteiger partial charge is 0.393 e. The second-order valence-corrected chi connectivity index (χ2v) is 5.93. The molecule has 5 heteroatoms. The van der Waals surface area contributed by atoms with Crippen molar-refractivity contribution in [3.05, 3.63) is 28.8 Å². The first kappa shape index (κ1) is 12.8. The number of nitrogens with zero attached hydrogens (tertiary/aromatic N) is 1. The minimum Gasteiger partial charge on any atom is -0.393 e. The van der Waals surface area contributed by atoms with E-state index in [1.807, 2.05) is 12.1 Å². The van der Waals surface area contributed by atoms with Crippen LogP contribution in [0.4, 0.5) is 5.69 Å². The molecule has 0 radical (unpaired) electrons. The molecule has 0 saturated carbocycles. The highest BCUT2D eigenvalue weighted by molar-refractivity contribution is 6.31. The Morgan fingerprint density at radius 2 is 1.95 bits per heavy atom. The quantitative estimate of drug-likeness (QED) is 0.573. The van der Waals surface area contributed by atoms with Crippen molar-refractivity contribution in [1.82, 2.24) is 0 Å². The van der Waals surface area contributed by atoms with Gasteiger partial charge < -0.3 is 15.7 Å². The van der Waals surface area contributed by atoms with Crippen LogP contribution in [0.3, 0.4) is 0 Å². The highest BCUT2D eigenvalue weighted by atomic mass is 35.5. The van der Waals surface area contributed by atoms with E-state index in [0.717, 1.165) is 31.4 Å². The van der Waals surface area contributed by atoms with E-state index in [4.69, 9.17) is 22.7 Å². The normalized spacial score (nSPS) is 29.6. The molecule has 0 aromatic heterocycles. The molecule has 4 N–H and O–H groups in total. The second kappa shape index (κ2) is 4.69. The average Bonchev–Trinajstić information content (AvgIpc) is 2.62. The molecule has 102 valence electrons. The van der Waals surface area contributed by atoms with Crippen LogP contribution in [0.15, 0.2) is 18.2 Å². The lowest BCUT2D eigenvalue weighted by Gasteiger charge is -2.40. The molecule has 19 heavy (non-hydrogen) atoms. The summed E-state index contributed by atoms with van der Waals surface area (Å²) in [6, 6.07) is 6.25. The van der Waals surface area contributed by atoms with Crippen LogP contribution in [0.2, 0.25) is 5.02 Å². The summed E-state index contributed by atoms with van der Waals surface area (Å²) in [7, 11) is 0. The number of hydrogen-bond acceptors (Lipinski definition) is 3. The topological polar surface area (TPSA) is 73.3 Å². The van der Waals surface area contributed by atoms with E-state index < -0.39 is 0 Å². The summed E-state index contributed by atoms with van der Waals surface area (Å²) in [4.78, 5) is 2.33. The maximum absolute atomic E-state index is 9.86. The smallest absolute Gasteiger partial charge is 0.124 e. The first-order valence-corrected chi connectivity index (χ1v) is 7.04. The molecule has 2 aliphatic heterocycles. The molecule has 2 heterocycles. The number of nitrogens with one attached hydrogen (secondary N) is 1. The van der Waals surface area contributed by atoms with Gasteiger partial charge in [-0.25, -0.2) is 0 Å². The number of benzene rings is 1. The second-order valence-electron chi connectivity index (χ2n) is 5.49. The number of nitrogens with two attached hydrogens (primary N) is 1. The summed E-state index contributed by atoms with van der Waals surface area (Å²) in [6.45, 7) is 0. The van der Waals surface area contributed by atoms with Crippen molar-refractivity contribution in [1.29, 1.82) is 5.41 Å². The van der Waals surface area contributed by atoms with Crippen LogP contribution in [0.25, 0.3) is 0 Å². The number of rotatable bonds is 2. The number of nitrogen functional groups attached to an aromatic ring is 1. The Bertz CT molecular complexity index is 505. The Hall–Kier alpha value is -1.26. The van der Waals surface area contributed by atoms with E-state index in [-0.39, 0.29) is 11.9 Å². The van der Waals surface area contributed by atoms with Crippen molar-refractivity contribution in [2.75, 3.05) is 4.90 Å². The molecule has 2 saturated heterocycles. The van der Waals surface area contributed by atoms with E-state index in [1.54, 1.807) is 6.07 Å². The van der Waals surface area contributed by atoms with Crippen LogP contribution in [0.5, 0.6) is 0 Å². The molecular formula is C14H18ClN3O. The van der Waals surface area contributed by atoms with Gasteiger partial charge in [0, 0.05) is 28.4 Å². The van der Waals surface area contributed by atoms with Crippen molar-refractivity contribution in [3.63, 3.8) is 0 Å². The fraction of sp³-hybridized carbons (Fsp3) is 0.500. The fourth-order valence-corrected chi connectivity index (χ4v) is 3.66. The van der Waals surface area contributed by atoms with Crippen LogP contribution in [0.1, 0.15) is 31.2 Å². The summed E-state index contributed by atoms with van der Waals surface area (Å²) >= 11 is 6.00. The zero-order valence-corrected chi connectivity index (χ0v) is 11.4. The van der Waals surface area contributed by atoms with Gasteiger partial charge >= 0.3 is 0 Å². The first-order chi connectivity index (χ1) is 9.06. The van der Waals surface area contributed by atoms with Gasteiger partial charge in [0.15, 0.2) is 0 Å². The molecule has 2 unspecified atom stereocenters. The predicted octanol–water partition coefficient (Wildman–Crippen LogP) is 2.12. The molecular weight excluding hydrogens is 262 g/mol. The Morgan fingerprint density at radius 3 is 2.53 bits per heavy atom. The predicted molar refractivity (Wildman–Crippen MR) is 77.0 cm³/mol. The molecule has 1 aromatic rings. The molecule has 0 spiro atoms. The van der Waals surface area contributed by atoms with Gasteiger partial charge in [-0.05, 0) is 43.9 Å². The zero-order valence-electron chi connectivity index (χ0n) is 10.6. The molecule has 2 fully saturated rings. The van der Waals surface area contributed by atoms with Gasteiger partial charge in [0.05, 0.1) is 6.10 Å². The highest BCUT2D eigenvalue weighted by Crippen LogP contribution is 2.41. The van der Waals surface area contributed by atoms with E-state index in [9.17, 15) is 5.11 Å². The zero-order chi connectivity index (χ0) is 13.6. The number of aliphatic hydroxyl groups is 1. The van der Waals surface area contributed by atoms with Crippen LogP contribution < -0.4 is 10.6 Å². The van der Waals surface area contributed by atoms with Crippen LogP contribution in [-0.2, 0) is 0 Å². The third-order valence-electron chi connectivity index (χ3n) is 4.24. The molecule has 0 aliphatic carbocycles. The number of amidine groups is 1. The lowest BCUT2D eigenvalue weighted by Crippen LogP contribution is -2.45. The van der Waals surface area contributed by atoms with Crippen LogP contribution in [0, 0.1) is 5.41 Å². The van der Waals surface area contributed by atoms with E-state index in [2.05, 4.69) is 4.90 Å². The van der Waals surface area contributed by atoms with Gasteiger partial charge in [0.2, 0.25) is 0 Å². The maximum atomic E-state index is 9.86. The number of aliphatic hydroxyl groups excluding tert-OH is 1. The molecule has 2 bridgehead atoms.